The Morgan fingerprint density at radius 1 is 1.83 bits per heavy atom. The molecule has 1 rings (SSSR count). The zero-order valence-corrected chi connectivity index (χ0v) is 6.90. The maximum absolute atomic E-state index is 11.0. The minimum absolute atomic E-state index is 0.123. The average Bonchev–Trinajstić information content (AvgIpc) is 2.09. The SMILES string of the molecule is N#CC(Cl)Cn1ncccc1=O. The molecule has 1 unspecified atom stereocenters. The van der Waals surface area contributed by atoms with Crippen LogP contribution in [0.15, 0.2) is 23.1 Å². The monoisotopic (exact) mass is 183 g/mol. The van der Waals surface area contributed by atoms with Gasteiger partial charge in [-0.25, -0.2) is 4.68 Å². The molecule has 0 aliphatic carbocycles. The highest BCUT2D eigenvalue weighted by Gasteiger charge is 2.04. The molecule has 1 aromatic rings. The van der Waals surface area contributed by atoms with Crippen molar-refractivity contribution in [1.82, 2.24) is 9.78 Å². The lowest BCUT2D eigenvalue weighted by atomic mass is 10.4. The Morgan fingerprint density at radius 2 is 2.58 bits per heavy atom. The van der Waals surface area contributed by atoms with E-state index in [-0.39, 0.29) is 12.1 Å². The molecule has 0 saturated heterocycles. The summed E-state index contributed by atoms with van der Waals surface area (Å²) in [5, 5.41) is 11.4. The van der Waals surface area contributed by atoms with Gasteiger partial charge in [0.15, 0.2) is 0 Å². The van der Waals surface area contributed by atoms with Crippen LogP contribution in [-0.4, -0.2) is 15.2 Å². The number of alkyl halides is 1. The summed E-state index contributed by atoms with van der Waals surface area (Å²) in [4.78, 5) is 11.0. The standard InChI is InChI=1S/C7H6ClN3O/c8-6(4-9)5-11-7(12)2-1-3-10-11/h1-3,6H,5H2. The number of rotatable bonds is 2. The van der Waals surface area contributed by atoms with Crippen molar-refractivity contribution in [2.24, 2.45) is 0 Å². The molecule has 12 heavy (non-hydrogen) atoms. The molecule has 1 heterocycles. The van der Waals surface area contributed by atoms with Crippen molar-refractivity contribution in [3.8, 4) is 6.07 Å². The van der Waals surface area contributed by atoms with Crippen molar-refractivity contribution in [3.63, 3.8) is 0 Å². The van der Waals surface area contributed by atoms with E-state index in [2.05, 4.69) is 5.10 Å². The summed E-state index contributed by atoms with van der Waals surface area (Å²) in [7, 11) is 0. The van der Waals surface area contributed by atoms with Gasteiger partial charge < -0.3 is 0 Å². The van der Waals surface area contributed by atoms with E-state index in [1.165, 1.54) is 18.3 Å². The lowest BCUT2D eigenvalue weighted by molar-refractivity contribution is 0.592. The predicted molar refractivity (Wildman–Crippen MR) is 43.8 cm³/mol. The van der Waals surface area contributed by atoms with E-state index in [1.807, 2.05) is 0 Å². The van der Waals surface area contributed by atoms with Crippen molar-refractivity contribution in [1.29, 1.82) is 5.26 Å². The molecular weight excluding hydrogens is 178 g/mol. The van der Waals surface area contributed by atoms with Gasteiger partial charge in [-0.15, -0.1) is 11.6 Å². The Kier molecular flexibility index (Phi) is 2.83. The largest absolute Gasteiger partial charge is 0.268 e. The van der Waals surface area contributed by atoms with Gasteiger partial charge in [-0.2, -0.15) is 10.4 Å². The Bertz CT molecular complexity index is 354. The first-order valence-corrected chi connectivity index (χ1v) is 3.73. The summed E-state index contributed by atoms with van der Waals surface area (Å²) < 4.78 is 1.15. The van der Waals surface area contributed by atoms with Crippen LogP contribution in [0.3, 0.4) is 0 Å². The summed E-state index contributed by atoms with van der Waals surface area (Å²) in [5.74, 6) is 0. The van der Waals surface area contributed by atoms with E-state index in [0.717, 1.165) is 4.68 Å². The van der Waals surface area contributed by atoms with E-state index >= 15 is 0 Å². The van der Waals surface area contributed by atoms with E-state index in [4.69, 9.17) is 16.9 Å². The molecule has 4 nitrogen and oxygen atoms in total. The third-order valence-corrected chi connectivity index (χ3v) is 1.49. The summed E-state index contributed by atoms with van der Waals surface area (Å²) >= 11 is 5.51. The van der Waals surface area contributed by atoms with Gasteiger partial charge >= 0.3 is 0 Å². The van der Waals surface area contributed by atoms with E-state index in [0.29, 0.717) is 0 Å². The molecule has 5 heteroatoms. The molecule has 0 fully saturated rings. The van der Waals surface area contributed by atoms with Crippen molar-refractivity contribution < 1.29 is 0 Å². The predicted octanol–water partition coefficient (Wildman–Crippen LogP) is 0.374. The molecule has 1 atom stereocenters. The summed E-state index contributed by atoms with van der Waals surface area (Å²) in [6.45, 7) is 0.123. The maximum atomic E-state index is 11.0. The van der Waals surface area contributed by atoms with Crippen LogP contribution >= 0.6 is 11.6 Å². The van der Waals surface area contributed by atoms with Gasteiger partial charge in [-0.05, 0) is 6.07 Å². The van der Waals surface area contributed by atoms with E-state index < -0.39 is 5.38 Å². The zero-order valence-electron chi connectivity index (χ0n) is 6.14. The average molecular weight is 184 g/mol. The highest BCUT2D eigenvalue weighted by molar-refractivity contribution is 6.22. The third kappa shape index (κ3) is 2.07. The number of hydrogen-bond acceptors (Lipinski definition) is 3. The quantitative estimate of drug-likeness (QED) is 0.623. The molecule has 0 bridgehead atoms. The number of nitriles is 1. The highest BCUT2D eigenvalue weighted by atomic mass is 35.5. The lowest BCUT2D eigenvalue weighted by Gasteiger charge is -2.01. The Morgan fingerprint density at radius 3 is 3.17 bits per heavy atom. The fourth-order valence-corrected chi connectivity index (χ4v) is 0.848. The molecule has 0 spiro atoms. The van der Waals surface area contributed by atoms with Crippen molar-refractivity contribution >= 4 is 11.6 Å². The van der Waals surface area contributed by atoms with Crippen LogP contribution in [0, 0.1) is 11.3 Å². The van der Waals surface area contributed by atoms with Crippen LogP contribution in [-0.2, 0) is 6.54 Å². The summed E-state index contributed by atoms with van der Waals surface area (Å²) in [6, 6.07) is 4.71. The molecule has 0 radical (unpaired) electrons. The molecule has 1 aromatic heterocycles. The van der Waals surface area contributed by atoms with Crippen LogP contribution in [0.1, 0.15) is 0 Å². The van der Waals surface area contributed by atoms with Gasteiger partial charge in [0.1, 0.15) is 5.38 Å². The molecule has 0 aliphatic rings. The first-order chi connectivity index (χ1) is 5.74. The molecule has 0 saturated carbocycles. The van der Waals surface area contributed by atoms with Crippen molar-refractivity contribution in [2.45, 2.75) is 11.9 Å². The van der Waals surface area contributed by atoms with Crippen LogP contribution in [0.5, 0.6) is 0 Å². The van der Waals surface area contributed by atoms with Gasteiger partial charge in [0, 0.05) is 12.3 Å². The van der Waals surface area contributed by atoms with Crippen LogP contribution < -0.4 is 5.56 Å². The van der Waals surface area contributed by atoms with Gasteiger partial charge in [-0.3, -0.25) is 4.79 Å². The van der Waals surface area contributed by atoms with Gasteiger partial charge in [0.25, 0.3) is 5.56 Å². The normalized spacial score (nSPS) is 12.0. The molecule has 0 aromatic carbocycles. The number of hydrogen-bond donors (Lipinski definition) is 0. The van der Waals surface area contributed by atoms with E-state index in [9.17, 15) is 4.79 Å². The summed E-state index contributed by atoms with van der Waals surface area (Å²) in [5.41, 5.74) is -0.251. The van der Waals surface area contributed by atoms with Crippen LogP contribution in [0.2, 0.25) is 0 Å². The molecule has 0 amide bonds. The highest BCUT2D eigenvalue weighted by Crippen LogP contribution is 1.94. The molecule has 62 valence electrons. The third-order valence-electron chi connectivity index (χ3n) is 1.26. The second kappa shape index (κ2) is 3.88. The number of nitrogens with zero attached hydrogens (tertiary/aromatic N) is 3. The van der Waals surface area contributed by atoms with Crippen LogP contribution in [0.4, 0.5) is 0 Å². The Balaban J connectivity index is 2.85. The second-order valence-corrected chi connectivity index (χ2v) is 2.67. The molecule has 0 N–H and O–H groups in total. The number of aromatic nitrogens is 2. The Labute approximate surface area is 74.0 Å². The molecular formula is C7H6ClN3O. The maximum Gasteiger partial charge on any atom is 0.266 e. The van der Waals surface area contributed by atoms with Crippen molar-refractivity contribution in [2.75, 3.05) is 0 Å². The number of halogens is 1. The van der Waals surface area contributed by atoms with Crippen molar-refractivity contribution in [3.05, 3.63) is 28.7 Å². The minimum Gasteiger partial charge on any atom is -0.268 e. The Hall–Kier alpha value is -1.34. The van der Waals surface area contributed by atoms with Gasteiger partial charge in [0.05, 0.1) is 12.6 Å². The first-order valence-electron chi connectivity index (χ1n) is 3.30. The fraction of sp³-hybridized carbons (Fsp3) is 0.286. The van der Waals surface area contributed by atoms with Gasteiger partial charge in [-0.1, -0.05) is 0 Å². The van der Waals surface area contributed by atoms with Gasteiger partial charge in [0.2, 0.25) is 0 Å². The summed E-state index contributed by atoms with van der Waals surface area (Å²) in [6.07, 6.45) is 1.47. The first kappa shape index (κ1) is 8.75. The fourth-order valence-electron chi connectivity index (χ4n) is 0.717. The zero-order chi connectivity index (χ0) is 8.97. The van der Waals surface area contributed by atoms with E-state index in [1.54, 1.807) is 6.07 Å². The topological polar surface area (TPSA) is 58.7 Å². The molecule has 0 aliphatic heterocycles. The second-order valence-electron chi connectivity index (χ2n) is 2.14. The smallest absolute Gasteiger partial charge is 0.266 e. The lowest BCUT2D eigenvalue weighted by Crippen LogP contribution is -2.24. The van der Waals surface area contributed by atoms with Crippen LogP contribution in [0.25, 0.3) is 0 Å². The minimum atomic E-state index is -0.711.